The molecule has 3 rings (SSSR count). The van der Waals surface area contributed by atoms with E-state index in [2.05, 4.69) is 46.2 Å². The largest absolute Gasteiger partial charge is 0.347 e. The van der Waals surface area contributed by atoms with Crippen molar-refractivity contribution in [3.05, 3.63) is 29.8 Å². The lowest BCUT2D eigenvalue weighted by Crippen LogP contribution is -2.23. The predicted molar refractivity (Wildman–Crippen MR) is 90.0 cm³/mol. The molecule has 1 fully saturated rings. The van der Waals surface area contributed by atoms with E-state index in [1.165, 1.54) is 31.5 Å². The van der Waals surface area contributed by atoms with Crippen LogP contribution in [-0.4, -0.2) is 46.8 Å². The number of nitrogens with zero attached hydrogens (tertiary/aromatic N) is 5. The number of hydrogen-bond donors (Lipinski definition) is 0. The molecule has 22 heavy (non-hydrogen) atoms. The maximum Gasteiger partial charge on any atom is 0.223 e. The monoisotopic (exact) mass is 299 g/mol. The lowest BCUT2D eigenvalue weighted by atomic mass is 10.0. The SMILES string of the molecule is C[C@H](c1ccc(-c2nc(N(C)C)n(C)n2)cc1)N1CCCC1. The van der Waals surface area contributed by atoms with Gasteiger partial charge in [0, 0.05) is 32.7 Å². The molecule has 0 aliphatic carbocycles. The Labute approximate surface area is 132 Å². The van der Waals surface area contributed by atoms with Gasteiger partial charge in [0.05, 0.1) is 0 Å². The first-order valence-electron chi connectivity index (χ1n) is 7.99. The van der Waals surface area contributed by atoms with Crippen molar-refractivity contribution in [1.82, 2.24) is 19.7 Å². The molecular weight excluding hydrogens is 274 g/mol. The summed E-state index contributed by atoms with van der Waals surface area (Å²) in [6.45, 7) is 4.73. The van der Waals surface area contributed by atoms with Gasteiger partial charge in [-0.25, -0.2) is 4.68 Å². The molecule has 2 heterocycles. The molecule has 1 aliphatic rings. The maximum atomic E-state index is 4.60. The van der Waals surface area contributed by atoms with Crippen LogP contribution in [0.25, 0.3) is 11.4 Å². The van der Waals surface area contributed by atoms with Crippen LogP contribution in [0, 0.1) is 0 Å². The van der Waals surface area contributed by atoms with Crippen LogP contribution in [0.2, 0.25) is 0 Å². The van der Waals surface area contributed by atoms with Crippen molar-refractivity contribution >= 4 is 5.95 Å². The van der Waals surface area contributed by atoms with E-state index >= 15 is 0 Å². The lowest BCUT2D eigenvalue weighted by Gasteiger charge is -2.24. The number of anilines is 1. The van der Waals surface area contributed by atoms with Gasteiger partial charge in [0.2, 0.25) is 5.95 Å². The molecule has 1 atom stereocenters. The Hall–Kier alpha value is -1.88. The highest BCUT2D eigenvalue weighted by atomic mass is 15.4. The van der Waals surface area contributed by atoms with Crippen LogP contribution in [0.15, 0.2) is 24.3 Å². The normalized spacial score (nSPS) is 16.9. The molecule has 0 amide bonds. The minimum absolute atomic E-state index is 0.491. The summed E-state index contributed by atoms with van der Waals surface area (Å²) >= 11 is 0. The second-order valence-corrected chi connectivity index (χ2v) is 6.29. The van der Waals surface area contributed by atoms with Gasteiger partial charge in [-0.2, -0.15) is 4.98 Å². The number of aryl methyl sites for hydroxylation is 1. The molecular formula is C17H25N5. The van der Waals surface area contributed by atoms with Gasteiger partial charge in [-0.1, -0.05) is 24.3 Å². The Morgan fingerprint density at radius 1 is 1.09 bits per heavy atom. The molecule has 0 bridgehead atoms. The van der Waals surface area contributed by atoms with Gasteiger partial charge in [-0.3, -0.25) is 4.90 Å². The van der Waals surface area contributed by atoms with Gasteiger partial charge in [0.1, 0.15) is 0 Å². The van der Waals surface area contributed by atoms with Crippen molar-refractivity contribution in [3.8, 4) is 11.4 Å². The minimum Gasteiger partial charge on any atom is -0.347 e. The Morgan fingerprint density at radius 3 is 2.27 bits per heavy atom. The van der Waals surface area contributed by atoms with Gasteiger partial charge in [0.15, 0.2) is 5.82 Å². The van der Waals surface area contributed by atoms with Gasteiger partial charge in [-0.15, -0.1) is 5.10 Å². The molecule has 2 aromatic rings. The van der Waals surface area contributed by atoms with Crippen LogP contribution in [0.4, 0.5) is 5.95 Å². The maximum absolute atomic E-state index is 4.60. The fraction of sp³-hybridized carbons (Fsp3) is 0.529. The van der Waals surface area contributed by atoms with Crippen LogP contribution in [0.1, 0.15) is 31.4 Å². The standard InChI is InChI=1S/C17H25N5/c1-13(22-11-5-6-12-22)14-7-9-15(10-8-14)16-18-17(20(2)3)21(4)19-16/h7-10,13H,5-6,11-12H2,1-4H3/t13-/m1/s1. The highest BCUT2D eigenvalue weighted by molar-refractivity contribution is 5.57. The third-order valence-electron chi connectivity index (χ3n) is 4.48. The van der Waals surface area contributed by atoms with Crippen LogP contribution in [0.5, 0.6) is 0 Å². The molecule has 5 heteroatoms. The number of likely N-dealkylation sites (tertiary alicyclic amines) is 1. The Morgan fingerprint density at radius 2 is 1.73 bits per heavy atom. The summed E-state index contributed by atoms with van der Waals surface area (Å²) in [6, 6.07) is 9.19. The zero-order valence-corrected chi connectivity index (χ0v) is 14.0. The summed E-state index contributed by atoms with van der Waals surface area (Å²) in [5.74, 6) is 1.65. The van der Waals surface area contributed by atoms with Crippen LogP contribution in [-0.2, 0) is 7.05 Å². The zero-order valence-electron chi connectivity index (χ0n) is 14.0. The summed E-state index contributed by atoms with van der Waals surface area (Å²) in [5.41, 5.74) is 2.44. The van der Waals surface area contributed by atoms with Crippen molar-refractivity contribution in [2.24, 2.45) is 7.05 Å². The lowest BCUT2D eigenvalue weighted by molar-refractivity contribution is 0.263. The predicted octanol–water partition coefficient (Wildman–Crippen LogP) is 2.70. The molecule has 1 saturated heterocycles. The Kier molecular flexibility index (Phi) is 4.16. The molecule has 1 aliphatic heterocycles. The highest BCUT2D eigenvalue weighted by Crippen LogP contribution is 2.26. The van der Waals surface area contributed by atoms with Gasteiger partial charge >= 0.3 is 0 Å². The molecule has 0 spiro atoms. The Bertz CT molecular complexity index is 623. The van der Waals surface area contributed by atoms with Crippen LogP contribution >= 0.6 is 0 Å². The second-order valence-electron chi connectivity index (χ2n) is 6.29. The van der Waals surface area contributed by atoms with Crippen molar-refractivity contribution in [1.29, 1.82) is 0 Å². The summed E-state index contributed by atoms with van der Waals surface area (Å²) < 4.78 is 1.82. The molecule has 0 N–H and O–H groups in total. The summed E-state index contributed by atoms with van der Waals surface area (Å²) in [5, 5.41) is 4.51. The van der Waals surface area contributed by atoms with Crippen LogP contribution in [0.3, 0.4) is 0 Å². The van der Waals surface area contributed by atoms with Crippen molar-refractivity contribution < 1.29 is 0 Å². The van der Waals surface area contributed by atoms with E-state index in [-0.39, 0.29) is 0 Å². The molecule has 0 radical (unpaired) electrons. The third-order valence-corrected chi connectivity index (χ3v) is 4.48. The van der Waals surface area contributed by atoms with Crippen molar-refractivity contribution in [3.63, 3.8) is 0 Å². The fourth-order valence-corrected chi connectivity index (χ4v) is 3.14. The molecule has 1 aromatic carbocycles. The van der Waals surface area contributed by atoms with Crippen LogP contribution < -0.4 is 4.90 Å². The molecule has 5 nitrogen and oxygen atoms in total. The van der Waals surface area contributed by atoms with E-state index in [0.717, 1.165) is 17.3 Å². The quantitative estimate of drug-likeness (QED) is 0.870. The molecule has 0 unspecified atom stereocenters. The number of aromatic nitrogens is 3. The van der Waals surface area contributed by atoms with Gasteiger partial charge in [-0.05, 0) is 38.4 Å². The van der Waals surface area contributed by atoms with E-state index in [0.29, 0.717) is 6.04 Å². The third kappa shape index (κ3) is 2.86. The van der Waals surface area contributed by atoms with E-state index in [1.54, 1.807) is 0 Å². The summed E-state index contributed by atoms with van der Waals surface area (Å²) in [6.07, 6.45) is 2.65. The average molecular weight is 299 g/mol. The van der Waals surface area contributed by atoms with E-state index in [4.69, 9.17) is 0 Å². The first kappa shape index (κ1) is 15.0. The fourth-order valence-electron chi connectivity index (χ4n) is 3.14. The summed E-state index contributed by atoms with van der Waals surface area (Å²) in [4.78, 5) is 9.13. The minimum atomic E-state index is 0.491. The van der Waals surface area contributed by atoms with Crippen molar-refractivity contribution in [2.75, 3.05) is 32.1 Å². The average Bonchev–Trinajstić information content (AvgIpc) is 3.16. The second kappa shape index (κ2) is 6.08. The van der Waals surface area contributed by atoms with Gasteiger partial charge in [0.25, 0.3) is 0 Å². The van der Waals surface area contributed by atoms with E-state index in [1.807, 2.05) is 30.7 Å². The number of benzene rings is 1. The first-order chi connectivity index (χ1) is 10.6. The molecule has 0 saturated carbocycles. The van der Waals surface area contributed by atoms with Gasteiger partial charge < -0.3 is 4.90 Å². The molecule has 1 aromatic heterocycles. The topological polar surface area (TPSA) is 37.2 Å². The van der Waals surface area contributed by atoms with E-state index in [9.17, 15) is 0 Å². The number of hydrogen-bond acceptors (Lipinski definition) is 4. The number of rotatable bonds is 4. The first-order valence-corrected chi connectivity index (χ1v) is 7.99. The summed E-state index contributed by atoms with van der Waals surface area (Å²) in [7, 11) is 5.89. The smallest absolute Gasteiger partial charge is 0.223 e. The zero-order chi connectivity index (χ0) is 15.7. The van der Waals surface area contributed by atoms with E-state index < -0.39 is 0 Å². The highest BCUT2D eigenvalue weighted by Gasteiger charge is 2.19. The van der Waals surface area contributed by atoms with Crippen molar-refractivity contribution in [2.45, 2.75) is 25.8 Å². The molecule has 118 valence electrons. The Balaban J connectivity index is 1.80.